The molecule has 3 rings (SSSR count). The summed E-state index contributed by atoms with van der Waals surface area (Å²) in [7, 11) is -3.79. The SMILES string of the molecule is O=S(O)c1ccc(C2CCCCC2)c(S(=O)(=O)NCCc2ccccn2)c1. The average Bonchev–Trinajstić information content (AvgIpc) is 2.69. The van der Waals surface area contributed by atoms with E-state index >= 15 is 0 Å². The Morgan fingerprint density at radius 3 is 2.59 bits per heavy atom. The molecule has 1 fully saturated rings. The third kappa shape index (κ3) is 5.22. The molecule has 8 heteroatoms. The first-order valence-electron chi connectivity index (χ1n) is 9.12. The average molecular weight is 409 g/mol. The molecule has 1 unspecified atom stereocenters. The Morgan fingerprint density at radius 1 is 1.15 bits per heavy atom. The van der Waals surface area contributed by atoms with Gasteiger partial charge >= 0.3 is 0 Å². The van der Waals surface area contributed by atoms with E-state index in [1.165, 1.54) is 12.5 Å². The first-order valence-corrected chi connectivity index (χ1v) is 11.7. The lowest BCUT2D eigenvalue weighted by Gasteiger charge is -2.24. The summed E-state index contributed by atoms with van der Waals surface area (Å²) < 4.78 is 49.4. The summed E-state index contributed by atoms with van der Waals surface area (Å²) in [5.74, 6) is 0.169. The maximum Gasteiger partial charge on any atom is 0.240 e. The second kappa shape index (κ2) is 9.05. The van der Waals surface area contributed by atoms with Gasteiger partial charge < -0.3 is 4.55 Å². The summed E-state index contributed by atoms with van der Waals surface area (Å²) in [4.78, 5) is 4.41. The smallest absolute Gasteiger partial charge is 0.240 e. The molecule has 1 aliphatic carbocycles. The summed E-state index contributed by atoms with van der Waals surface area (Å²) in [6.07, 6.45) is 7.35. The van der Waals surface area contributed by atoms with Gasteiger partial charge in [-0.1, -0.05) is 31.4 Å². The van der Waals surface area contributed by atoms with Crippen LogP contribution >= 0.6 is 0 Å². The Balaban J connectivity index is 1.84. The highest BCUT2D eigenvalue weighted by Gasteiger charge is 2.26. The van der Waals surface area contributed by atoms with Crippen molar-refractivity contribution in [2.75, 3.05) is 6.54 Å². The van der Waals surface area contributed by atoms with Crippen molar-refractivity contribution in [3.05, 3.63) is 53.9 Å². The van der Waals surface area contributed by atoms with E-state index < -0.39 is 21.1 Å². The molecule has 0 radical (unpaired) electrons. The van der Waals surface area contributed by atoms with Crippen molar-refractivity contribution < 1.29 is 17.2 Å². The number of sulfonamides is 1. The summed E-state index contributed by atoms with van der Waals surface area (Å²) in [6, 6.07) is 10.1. The van der Waals surface area contributed by atoms with Crippen LogP contribution in [0.2, 0.25) is 0 Å². The van der Waals surface area contributed by atoms with Crippen molar-refractivity contribution in [2.24, 2.45) is 0 Å². The molecule has 2 aromatic rings. The number of aromatic nitrogens is 1. The minimum atomic E-state index is -3.79. The third-order valence-corrected chi connectivity index (χ3v) is 7.09. The highest BCUT2D eigenvalue weighted by atomic mass is 32.2. The molecule has 146 valence electrons. The number of pyridine rings is 1. The quantitative estimate of drug-likeness (QED) is 0.686. The second-order valence-electron chi connectivity index (χ2n) is 6.75. The molecule has 1 aromatic heterocycles. The van der Waals surface area contributed by atoms with E-state index in [4.69, 9.17) is 0 Å². The maximum atomic E-state index is 12.9. The van der Waals surface area contributed by atoms with Gasteiger partial charge in [0.15, 0.2) is 11.1 Å². The highest BCUT2D eigenvalue weighted by Crippen LogP contribution is 2.36. The fourth-order valence-electron chi connectivity index (χ4n) is 3.54. The van der Waals surface area contributed by atoms with Crippen molar-refractivity contribution in [2.45, 2.75) is 54.2 Å². The van der Waals surface area contributed by atoms with Crippen molar-refractivity contribution in [3.63, 3.8) is 0 Å². The van der Waals surface area contributed by atoms with E-state index in [2.05, 4.69) is 9.71 Å². The normalized spacial score (nSPS) is 16.9. The van der Waals surface area contributed by atoms with Gasteiger partial charge in [-0.15, -0.1) is 0 Å². The fraction of sp³-hybridized carbons (Fsp3) is 0.421. The van der Waals surface area contributed by atoms with Crippen molar-refractivity contribution in [3.8, 4) is 0 Å². The molecular weight excluding hydrogens is 384 g/mol. The zero-order valence-electron chi connectivity index (χ0n) is 15.0. The van der Waals surface area contributed by atoms with Gasteiger partial charge in [-0.25, -0.2) is 17.3 Å². The van der Waals surface area contributed by atoms with Crippen LogP contribution in [0.3, 0.4) is 0 Å². The largest absolute Gasteiger partial charge is 0.302 e. The van der Waals surface area contributed by atoms with Gasteiger partial charge in [0, 0.05) is 24.9 Å². The van der Waals surface area contributed by atoms with E-state index in [1.54, 1.807) is 18.3 Å². The summed E-state index contributed by atoms with van der Waals surface area (Å²) >= 11 is -2.22. The van der Waals surface area contributed by atoms with Crippen LogP contribution in [0, 0.1) is 0 Å². The Hall–Kier alpha value is -1.61. The topological polar surface area (TPSA) is 96.4 Å². The predicted molar refractivity (Wildman–Crippen MR) is 104 cm³/mol. The van der Waals surface area contributed by atoms with Crippen LogP contribution in [0.5, 0.6) is 0 Å². The van der Waals surface area contributed by atoms with Crippen LogP contribution in [0.1, 0.15) is 49.3 Å². The zero-order valence-corrected chi connectivity index (χ0v) is 16.6. The minimum Gasteiger partial charge on any atom is -0.302 e. The van der Waals surface area contributed by atoms with Gasteiger partial charge in [0.1, 0.15) is 0 Å². The standard InChI is InChI=1S/C19H24N2O4S2/c22-26(23)17-9-10-18(15-6-2-1-3-7-15)19(14-17)27(24,25)21-13-11-16-8-4-5-12-20-16/h4-5,8-10,12,14-15,21H,1-3,6-7,11,13H2,(H,22,23). The Morgan fingerprint density at radius 2 is 1.93 bits per heavy atom. The molecule has 27 heavy (non-hydrogen) atoms. The van der Waals surface area contributed by atoms with Gasteiger partial charge in [-0.05, 0) is 48.6 Å². The minimum absolute atomic E-state index is 0.0969. The lowest BCUT2D eigenvalue weighted by atomic mass is 9.84. The molecule has 0 aliphatic heterocycles. The highest BCUT2D eigenvalue weighted by molar-refractivity contribution is 7.89. The first-order chi connectivity index (χ1) is 13.0. The first kappa shape index (κ1) is 20.1. The summed E-state index contributed by atoms with van der Waals surface area (Å²) in [6.45, 7) is 0.218. The lowest BCUT2D eigenvalue weighted by molar-refractivity contribution is 0.438. The zero-order chi connectivity index (χ0) is 19.3. The Labute approximate surface area is 162 Å². The molecular formula is C19H24N2O4S2. The molecule has 1 atom stereocenters. The molecule has 1 heterocycles. The third-order valence-electron chi connectivity index (χ3n) is 4.92. The lowest BCUT2D eigenvalue weighted by Crippen LogP contribution is -2.28. The van der Waals surface area contributed by atoms with Gasteiger partial charge in [0.05, 0.1) is 9.79 Å². The van der Waals surface area contributed by atoms with Crippen LogP contribution < -0.4 is 4.72 Å². The van der Waals surface area contributed by atoms with Gasteiger partial charge in [-0.3, -0.25) is 4.98 Å². The Bertz CT molecular complexity index is 895. The van der Waals surface area contributed by atoms with Gasteiger partial charge in [0.2, 0.25) is 10.0 Å². The van der Waals surface area contributed by atoms with Crippen LogP contribution in [-0.4, -0.2) is 28.7 Å². The number of hydrogen-bond acceptors (Lipinski definition) is 4. The van der Waals surface area contributed by atoms with Crippen LogP contribution in [0.15, 0.2) is 52.4 Å². The molecule has 6 nitrogen and oxygen atoms in total. The van der Waals surface area contributed by atoms with E-state index in [-0.39, 0.29) is 22.3 Å². The second-order valence-corrected chi connectivity index (χ2v) is 9.46. The number of rotatable bonds is 7. The van der Waals surface area contributed by atoms with E-state index in [0.29, 0.717) is 6.42 Å². The summed E-state index contributed by atoms with van der Waals surface area (Å²) in [5.41, 5.74) is 1.55. The van der Waals surface area contributed by atoms with Gasteiger partial charge in [-0.2, -0.15) is 0 Å². The fourth-order valence-corrected chi connectivity index (χ4v) is 5.38. The molecule has 0 saturated heterocycles. The van der Waals surface area contributed by atoms with E-state index in [0.717, 1.165) is 36.9 Å². The monoisotopic (exact) mass is 408 g/mol. The van der Waals surface area contributed by atoms with Crippen molar-refractivity contribution >= 4 is 21.1 Å². The molecule has 1 aromatic carbocycles. The number of nitrogens with one attached hydrogen (secondary N) is 1. The number of nitrogens with zero attached hydrogens (tertiary/aromatic N) is 1. The van der Waals surface area contributed by atoms with Gasteiger partial charge in [0.25, 0.3) is 0 Å². The Kier molecular flexibility index (Phi) is 6.75. The molecule has 0 spiro atoms. The molecule has 0 amide bonds. The van der Waals surface area contributed by atoms with Crippen molar-refractivity contribution in [1.29, 1.82) is 0 Å². The van der Waals surface area contributed by atoms with E-state index in [1.807, 2.05) is 18.2 Å². The maximum absolute atomic E-state index is 12.9. The van der Waals surface area contributed by atoms with Crippen molar-refractivity contribution in [1.82, 2.24) is 9.71 Å². The molecule has 1 aliphatic rings. The van der Waals surface area contributed by atoms with Crippen LogP contribution in [0.25, 0.3) is 0 Å². The molecule has 2 N–H and O–H groups in total. The van der Waals surface area contributed by atoms with Crippen LogP contribution in [0.4, 0.5) is 0 Å². The molecule has 0 bridgehead atoms. The summed E-state index contributed by atoms with van der Waals surface area (Å²) in [5, 5.41) is 0. The number of benzene rings is 1. The predicted octanol–water partition coefficient (Wildman–Crippen LogP) is 3.23. The van der Waals surface area contributed by atoms with Crippen LogP contribution in [-0.2, 0) is 27.5 Å². The van der Waals surface area contributed by atoms with E-state index in [9.17, 15) is 17.2 Å². The molecule has 1 saturated carbocycles. The number of hydrogen-bond donors (Lipinski definition) is 2.